The topological polar surface area (TPSA) is 93.8 Å². The average molecular weight is 197 g/mol. The molecule has 0 aromatic rings. The van der Waals surface area contributed by atoms with E-state index in [1.807, 2.05) is 0 Å². The summed E-state index contributed by atoms with van der Waals surface area (Å²) in [5.74, 6) is 0. The molecule has 0 saturated heterocycles. The molecule has 0 aromatic carbocycles. The summed E-state index contributed by atoms with van der Waals surface area (Å²) in [5, 5.41) is 15.3. The van der Waals surface area contributed by atoms with Crippen LogP contribution in [-0.4, -0.2) is 32.3 Å². The fourth-order valence-corrected chi connectivity index (χ4v) is 0.970. The molecule has 0 rings (SSSR count). The quantitative estimate of drug-likeness (QED) is 0.287. The second kappa shape index (κ2) is 7.15. The van der Waals surface area contributed by atoms with Gasteiger partial charge in [0.2, 0.25) is 0 Å². The molecule has 0 radical (unpaired) electrons. The average Bonchev–Trinajstić information content (AvgIpc) is 2.18. The van der Waals surface area contributed by atoms with Gasteiger partial charge in [-0.15, -0.1) is 0 Å². The van der Waals surface area contributed by atoms with E-state index in [-0.39, 0.29) is 0 Å². The van der Waals surface area contributed by atoms with Gasteiger partial charge in [-0.2, -0.15) is 5.26 Å². The van der Waals surface area contributed by atoms with Crippen LogP contribution >= 0.6 is 0 Å². The van der Waals surface area contributed by atoms with Crippen molar-refractivity contribution < 1.29 is 4.74 Å². The van der Waals surface area contributed by atoms with Crippen molar-refractivity contribution in [3.05, 3.63) is 10.4 Å². The molecule has 6 heteroatoms. The van der Waals surface area contributed by atoms with E-state index in [1.54, 1.807) is 14.0 Å². The number of hydrogen-bond acceptors (Lipinski definition) is 4. The molecule has 6 nitrogen and oxygen atoms in total. The van der Waals surface area contributed by atoms with E-state index < -0.39 is 5.54 Å². The molecule has 0 aliphatic carbocycles. The third-order valence-corrected chi connectivity index (χ3v) is 1.69. The normalized spacial score (nSPS) is 13.8. The SMILES string of the molecule is COCC(C)(C#N)NCCCN=[N+]=[N-]. The van der Waals surface area contributed by atoms with Gasteiger partial charge in [-0.3, -0.25) is 5.32 Å². The van der Waals surface area contributed by atoms with Gasteiger partial charge in [-0.1, -0.05) is 5.11 Å². The molecule has 14 heavy (non-hydrogen) atoms. The first kappa shape index (κ1) is 12.7. The molecule has 1 N–H and O–H groups in total. The summed E-state index contributed by atoms with van der Waals surface area (Å²) in [4.78, 5) is 2.63. The number of hydrogen-bond donors (Lipinski definition) is 1. The fourth-order valence-electron chi connectivity index (χ4n) is 0.970. The number of nitrogens with zero attached hydrogens (tertiary/aromatic N) is 4. The van der Waals surface area contributed by atoms with Crippen molar-refractivity contribution in [2.75, 3.05) is 26.8 Å². The number of methoxy groups -OCH3 is 1. The van der Waals surface area contributed by atoms with Gasteiger partial charge in [0.25, 0.3) is 0 Å². The Kier molecular flexibility index (Phi) is 6.50. The standard InChI is InChI=1S/C8H15N5O/c1-8(6-9,7-14-2)11-4-3-5-12-13-10/h11H,3-5,7H2,1-2H3. The zero-order valence-corrected chi connectivity index (χ0v) is 8.53. The van der Waals surface area contributed by atoms with Crippen LogP contribution in [0.15, 0.2) is 5.11 Å². The molecular weight excluding hydrogens is 182 g/mol. The third kappa shape index (κ3) is 5.38. The minimum absolute atomic E-state index is 0.338. The third-order valence-electron chi connectivity index (χ3n) is 1.69. The van der Waals surface area contributed by atoms with Crippen LogP contribution in [0.4, 0.5) is 0 Å². The van der Waals surface area contributed by atoms with Crippen LogP contribution in [0.3, 0.4) is 0 Å². The summed E-state index contributed by atoms with van der Waals surface area (Å²) >= 11 is 0. The zero-order valence-electron chi connectivity index (χ0n) is 8.53. The summed E-state index contributed by atoms with van der Waals surface area (Å²) < 4.78 is 4.91. The summed E-state index contributed by atoms with van der Waals surface area (Å²) in [7, 11) is 1.55. The number of nitrogens with one attached hydrogen (secondary N) is 1. The number of rotatable bonds is 7. The van der Waals surface area contributed by atoms with E-state index in [4.69, 9.17) is 15.5 Å². The second-order valence-corrected chi connectivity index (χ2v) is 3.11. The van der Waals surface area contributed by atoms with Gasteiger partial charge in [-0.25, -0.2) is 0 Å². The van der Waals surface area contributed by atoms with E-state index in [1.165, 1.54) is 0 Å². The summed E-state index contributed by atoms with van der Waals surface area (Å²) in [6, 6.07) is 2.13. The number of ether oxygens (including phenoxy) is 1. The Labute approximate surface area is 83.5 Å². The van der Waals surface area contributed by atoms with E-state index in [2.05, 4.69) is 21.4 Å². The summed E-state index contributed by atoms with van der Waals surface area (Å²) in [6.45, 7) is 3.18. The minimum Gasteiger partial charge on any atom is -0.382 e. The lowest BCUT2D eigenvalue weighted by Gasteiger charge is -2.21. The molecule has 0 spiro atoms. The smallest absolute Gasteiger partial charge is 0.127 e. The first-order valence-corrected chi connectivity index (χ1v) is 4.34. The Hall–Kier alpha value is -1.28. The molecule has 0 amide bonds. The van der Waals surface area contributed by atoms with Crippen LogP contribution in [-0.2, 0) is 4.74 Å². The minimum atomic E-state index is -0.662. The van der Waals surface area contributed by atoms with E-state index in [9.17, 15) is 0 Å². The summed E-state index contributed by atoms with van der Waals surface area (Å²) in [6.07, 6.45) is 0.713. The highest BCUT2D eigenvalue weighted by Gasteiger charge is 2.21. The van der Waals surface area contributed by atoms with Crippen molar-refractivity contribution in [2.24, 2.45) is 5.11 Å². The van der Waals surface area contributed by atoms with Crippen molar-refractivity contribution in [1.82, 2.24) is 5.32 Å². The fraction of sp³-hybridized carbons (Fsp3) is 0.875. The van der Waals surface area contributed by atoms with Crippen LogP contribution < -0.4 is 5.32 Å². The van der Waals surface area contributed by atoms with Gasteiger partial charge >= 0.3 is 0 Å². The largest absolute Gasteiger partial charge is 0.382 e. The van der Waals surface area contributed by atoms with E-state index in [0.717, 1.165) is 0 Å². The lowest BCUT2D eigenvalue weighted by molar-refractivity contribution is 0.146. The predicted molar refractivity (Wildman–Crippen MR) is 52.5 cm³/mol. The van der Waals surface area contributed by atoms with E-state index in [0.29, 0.717) is 26.1 Å². The van der Waals surface area contributed by atoms with Gasteiger partial charge in [0.15, 0.2) is 0 Å². The zero-order chi connectivity index (χ0) is 10.9. The Morgan fingerprint density at radius 1 is 1.71 bits per heavy atom. The van der Waals surface area contributed by atoms with Crippen molar-refractivity contribution in [3.63, 3.8) is 0 Å². The molecule has 78 valence electrons. The molecule has 0 fully saturated rings. The van der Waals surface area contributed by atoms with Gasteiger partial charge in [-0.05, 0) is 25.4 Å². The van der Waals surface area contributed by atoms with Crippen molar-refractivity contribution >= 4 is 0 Å². The number of azide groups is 1. The van der Waals surface area contributed by atoms with E-state index >= 15 is 0 Å². The highest BCUT2D eigenvalue weighted by molar-refractivity contribution is 5.03. The first-order chi connectivity index (χ1) is 6.68. The molecule has 0 saturated carbocycles. The van der Waals surface area contributed by atoms with Gasteiger partial charge < -0.3 is 4.74 Å². The molecule has 0 aromatic heterocycles. The molecule has 0 aliphatic rings. The van der Waals surface area contributed by atoms with Crippen LogP contribution in [0.5, 0.6) is 0 Å². The Balaban J connectivity index is 3.73. The molecule has 0 bridgehead atoms. The summed E-state index contributed by atoms with van der Waals surface area (Å²) in [5.41, 5.74) is 7.36. The Bertz CT molecular complexity index is 243. The van der Waals surface area contributed by atoms with Crippen LogP contribution in [0.25, 0.3) is 10.4 Å². The Morgan fingerprint density at radius 3 is 2.93 bits per heavy atom. The lowest BCUT2D eigenvalue weighted by Crippen LogP contribution is -2.45. The predicted octanol–water partition coefficient (Wildman–Crippen LogP) is 1.21. The molecule has 1 unspecified atom stereocenters. The Morgan fingerprint density at radius 2 is 2.43 bits per heavy atom. The molecule has 0 heterocycles. The van der Waals surface area contributed by atoms with Gasteiger partial charge in [0.05, 0.1) is 12.7 Å². The maximum absolute atomic E-state index is 8.84. The van der Waals surface area contributed by atoms with Gasteiger partial charge in [0.1, 0.15) is 5.54 Å². The molecular formula is C8H15N5O. The second-order valence-electron chi connectivity index (χ2n) is 3.11. The maximum Gasteiger partial charge on any atom is 0.127 e. The van der Waals surface area contributed by atoms with Crippen molar-refractivity contribution in [2.45, 2.75) is 18.9 Å². The monoisotopic (exact) mass is 197 g/mol. The van der Waals surface area contributed by atoms with Crippen molar-refractivity contribution in [1.29, 1.82) is 5.26 Å². The highest BCUT2D eigenvalue weighted by atomic mass is 16.5. The highest BCUT2D eigenvalue weighted by Crippen LogP contribution is 2.01. The van der Waals surface area contributed by atoms with Crippen LogP contribution in [0.2, 0.25) is 0 Å². The van der Waals surface area contributed by atoms with Crippen LogP contribution in [0, 0.1) is 11.3 Å². The van der Waals surface area contributed by atoms with Gasteiger partial charge in [0, 0.05) is 18.6 Å². The first-order valence-electron chi connectivity index (χ1n) is 4.34. The lowest BCUT2D eigenvalue weighted by atomic mass is 10.1. The molecule has 1 atom stereocenters. The number of nitriles is 1. The molecule has 0 aliphatic heterocycles. The van der Waals surface area contributed by atoms with Crippen LogP contribution in [0.1, 0.15) is 13.3 Å². The van der Waals surface area contributed by atoms with Crippen molar-refractivity contribution in [3.8, 4) is 6.07 Å². The maximum atomic E-state index is 8.84.